The Labute approximate surface area is 134 Å². The molecule has 1 aromatic rings. The van der Waals surface area contributed by atoms with Gasteiger partial charge in [-0.1, -0.05) is 0 Å². The SMILES string of the molecule is CC(=O)c1ccc(OC[C@H](O)CN2C(=O)NC(C)(C)C2=O)cc1. The Bertz CT molecular complexity index is 624. The topological polar surface area (TPSA) is 95.9 Å². The molecule has 1 aliphatic heterocycles. The molecule has 3 amide bonds. The molecule has 1 saturated heterocycles. The summed E-state index contributed by atoms with van der Waals surface area (Å²) in [5, 5.41) is 12.5. The summed E-state index contributed by atoms with van der Waals surface area (Å²) in [4.78, 5) is 35.9. The van der Waals surface area contributed by atoms with E-state index in [2.05, 4.69) is 5.32 Å². The van der Waals surface area contributed by atoms with Gasteiger partial charge in [0.2, 0.25) is 0 Å². The van der Waals surface area contributed by atoms with E-state index in [1.807, 2.05) is 0 Å². The van der Waals surface area contributed by atoms with E-state index in [4.69, 9.17) is 4.74 Å². The van der Waals surface area contributed by atoms with Gasteiger partial charge in [0, 0.05) is 5.56 Å². The van der Waals surface area contributed by atoms with Crippen molar-refractivity contribution in [3.63, 3.8) is 0 Å². The molecule has 1 aromatic carbocycles. The van der Waals surface area contributed by atoms with Crippen molar-refractivity contribution in [2.24, 2.45) is 0 Å². The van der Waals surface area contributed by atoms with Gasteiger partial charge in [0.1, 0.15) is 24.0 Å². The van der Waals surface area contributed by atoms with E-state index in [0.29, 0.717) is 11.3 Å². The van der Waals surface area contributed by atoms with Crippen LogP contribution in [0.15, 0.2) is 24.3 Å². The molecule has 7 heteroatoms. The number of amides is 3. The third-order valence-electron chi connectivity index (χ3n) is 3.54. The minimum Gasteiger partial charge on any atom is -0.491 e. The molecule has 0 aliphatic carbocycles. The highest BCUT2D eigenvalue weighted by Crippen LogP contribution is 2.17. The molecule has 0 saturated carbocycles. The summed E-state index contributed by atoms with van der Waals surface area (Å²) in [7, 11) is 0. The molecule has 0 radical (unpaired) electrons. The number of carbonyl (C=O) groups excluding carboxylic acids is 3. The van der Waals surface area contributed by atoms with Gasteiger partial charge < -0.3 is 15.2 Å². The average Bonchev–Trinajstić information content (AvgIpc) is 2.67. The van der Waals surface area contributed by atoms with Crippen LogP contribution in [-0.2, 0) is 4.79 Å². The number of ketones is 1. The van der Waals surface area contributed by atoms with E-state index in [9.17, 15) is 19.5 Å². The minimum absolute atomic E-state index is 0.0437. The summed E-state index contributed by atoms with van der Waals surface area (Å²) in [6.45, 7) is 4.47. The average molecular weight is 320 g/mol. The molecule has 1 heterocycles. The van der Waals surface area contributed by atoms with Crippen molar-refractivity contribution in [2.45, 2.75) is 32.4 Å². The van der Waals surface area contributed by atoms with E-state index in [0.717, 1.165) is 4.90 Å². The fourth-order valence-corrected chi connectivity index (χ4v) is 2.23. The smallest absolute Gasteiger partial charge is 0.325 e. The maximum atomic E-state index is 12.0. The van der Waals surface area contributed by atoms with Crippen molar-refractivity contribution in [1.29, 1.82) is 0 Å². The normalized spacial score (nSPS) is 17.8. The van der Waals surface area contributed by atoms with Crippen LogP contribution in [0.5, 0.6) is 5.75 Å². The first-order valence-corrected chi connectivity index (χ1v) is 7.26. The Morgan fingerprint density at radius 2 is 1.91 bits per heavy atom. The van der Waals surface area contributed by atoms with Crippen LogP contribution in [0, 0.1) is 0 Å². The molecular weight excluding hydrogens is 300 g/mol. The molecule has 7 nitrogen and oxygen atoms in total. The second kappa shape index (κ2) is 6.37. The van der Waals surface area contributed by atoms with Gasteiger partial charge in [-0.05, 0) is 45.0 Å². The summed E-state index contributed by atoms with van der Waals surface area (Å²) in [6.07, 6.45) is -1.01. The van der Waals surface area contributed by atoms with Gasteiger partial charge in [-0.2, -0.15) is 0 Å². The van der Waals surface area contributed by atoms with Gasteiger partial charge in [0.15, 0.2) is 5.78 Å². The van der Waals surface area contributed by atoms with Gasteiger partial charge in [0.25, 0.3) is 5.91 Å². The number of β-amino-alcohol motifs (C(OH)–C–C–N with tert-alkyl or cyclic N) is 1. The predicted octanol–water partition coefficient (Wildman–Crippen LogP) is 0.959. The highest BCUT2D eigenvalue weighted by Gasteiger charge is 2.44. The number of ether oxygens (including phenoxy) is 1. The number of aliphatic hydroxyl groups is 1. The Hall–Kier alpha value is -2.41. The van der Waals surface area contributed by atoms with Crippen molar-refractivity contribution in [2.75, 3.05) is 13.2 Å². The molecule has 1 fully saturated rings. The van der Waals surface area contributed by atoms with E-state index >= 15 is 0 Å². The third kappa shape index (κ3) is 3.87. The second-order valence-electron chi connectivity index (χ2n) is 6.02. The zero-order valence-electron chi connectivity index (χ0n) is 13.3. The van der Waals surface area contributed by atoms with Gasteiger partial charge in [-0.15, -0.1) is 0 Å². The van der Waals surface area contributed by atoms with Crippen LogP contribution < -0.4 is 10.1 Å². The molecule has 1 atom stereocenters. The van der Waals surface area contributed by atoms with Crippen LogP contribution in [-0.4, -0.2) is 52.5 Å². The van der Waals surface area contributed by atoms with Gasteiger partial charge in [0.05, 0.1) is 6.54 Å². The molecule has 23 heavy (non-hydrogen) atoms. The number of rotatable bonds is 6. The fourth-order valence-electron chi connectivity index (χ4n) is 2.23. The Balaban J connectivity index is 1.88. The number of aliphatic hydroxyl groups excluding tert-OH is 1. The van der Waals surface area contributed by atoms with Crippen LogP contribution in [0.1, 0.15) is 31.1 Å². The van der Waals surface area contributed by atoms with Crippen molar-refractivity contribution in [3.8, 4) is 5.75 Å². The molecule has 0 spiro atoms. The number of imide groups is 1. The summed E-state index contributed by atoms with van der Waals surface area (Å²) >= 11 is 0. The van der Waals surface area contributed by atoms with Crippen LogP contribution >= 0.6 is 0 Å². The minimum atomic E-state index is -1.01. The highest BCUT2D eigenvalue weighted by molar-refractivity contribution is 6.06. The molecule has 2 rings (SSSR count). The number of nitrogens with zero attached hydrogens (tertiary/aromatic N) is 1. The van der Waals surface area contributed by atoms with Crippen molar-refractivity contribution in [1.82, 2.24) is 10.2 Å². The second-order valence-corrected chi connectivity index (χ2v) is 6.02. The monoisotopic (exact) mass is 320 g/mol. The Morgan fingerprint density at radius 1 is 1.30 bits per heavy atom. The zero-order valence-corrected chi connectivity index (χ0v) is 13.3. The van der Waals surface area contributed by atoms with E-state index in [-0.39, 0.29) is 24.8 Å². The van der Waals surface area contributed by atoms with Gasteiger partial charge in [-0.3, -0.25) is 14.5 Å². The lowest BCUT2D eigenvalue weighted by Gasteiger charge is -2.19. The first kappa shape index (κ1) is 17.0. The third-order valence-corrected chi connectivity index (χ3v) is 3.54. The van der Waals surface area contributed by atoms with E-state index in [1.165, 1.54) is 6.92 Å². The highest BCUT2D eigenvalue weighted by atomic mass is 16.5. The largest absolute Gasteiger partial charge is 0.491 e. The number of hydrogen-bond donors (Lipinski definition) is 2. The summed E-state index contributed by atoms with van der Waals surface area (Å²) in [5.41, 5.74) is -0.389. The summed E-state index contributed by atoms with van der Waals surface area (Å²) in [5.74, 6) is 0.0664. The lowest BCUT2D eigenvalue weighted by molar-refractivity contribution is -0.131. The predicted molar refractivity (Wildman–Crippen MR) is 82.3 cm³/mol. The lowest BCUT2D eigenvalue weighted by Crippen LogP contribution is -2.42. The molecule has 1 aliphatic rings. The van der Waals surface area contributed by atoms with Gasteiger partial charge in [-0.25, -0.2) is 4.79 Å². The van der Waals surface area contributed by atoms with Crippen LogP contribution in [0.2, 0.25) is 0 Å². The standard InChI is InChI=1S/C16H20N2O5/c1-10(19)11-4-6-13(7-5-11)23-9-12(20)8-18-14(21)16(2,3)17-15(18)22/h4-7,12,20H,8-9H2,1-3H3,(H,17,22)/t12-/m1/s1. The van der Waals surface area contributed by atoms with Crippen molar-refractivity contribution < 1.29 is 24.2 Å². The van der Waals surface area contributed by atoms with Gasteiger partial charge >= 0.3 is 6.03 Å². The molecule has 2 N–H and O–H groups in total. The molecule has 124 valence electrons. The van der Waals surface area contributed by atoms with Crippen molar-refractivity contribution in [3.05, 3.63) is 29.8 Å². The van der Waals surface area contributed by atoms with Crippen LogP contribution in [0.4, 0.5) is 4.79 Å². The van der Waals surface area contributed by atoms with E-state index < -0.39 is 17.7 Å². The summed E-state index contributed by atoms with van der Waals surface area (Å²) in [6, 6.07) is 5.99. The first-order valence-electron chi connectivity index (χ1n) is 7.26. The number of benzene rings is 1. The molecule has 0 bridgehead atoms. The number of carbonyl (C=O) groups is 3. The van der Waals surface area contributed by atoms with Crippen molar-refractivity contribution >= 4 is 17.7 Å². The summed E-state index contributed by atoms with van der Waals surface area (Å²) < 4.78 is 5.40. The quantitative estimate of drug-likeness (QED) is 0.601. The molecule has 0 unspecified atom stereocenters. The fraction of sp³-hybridized carbons (Fsp3) is 0.438. The zero-order chi connectivity index (χ0) is 17.2. The maximum Gasteiger partial charge on any atom is 0.325 e. The lowest BCUT2D eigenvalue weighted by atomic mass is 10.1. The maximum absolute atomic E-state index is 12.0. The number of Topliss-reactive ketones (excluding diaryl/α,β-unsaturated/α-hetero) is 1. The number of nitrogens with one attached hydrogen (secondary N) is 1. The first-order chi connectivity index (χ1) is 10.7. The van der Waals surface area contributed by atoms with Crippen LogP contribution in [0.3, 0.4) is 0 Å². The Kier molecular flexibility index (Phi) is 4.70. The van der Waals surface area contributed by atoms with Crippen LogP contribution in [0.25, 0.3) is 0 Å². The van der Waals surface area contributed by atoms with E-state index in [1.54, 1.807) is 38.1 Å². The Morgan fingerprint density at radius 3 is 2.39 bits per heavy atom. The number of urea groups is 1. The molecule has 0 aromatic heterocycles. The number of hydrogen-bond acceptors (Lipinski definition) is 5. The molecular formula is C16H20N2O5.